The number of ether oxygens (including phenoxy) is 4. The van der Waals surface area contributed by atoms with E-state index in [-0.39, 0.29) is 23.2 Å². The first kappa shape index (κ1) is 36.2. The molecule has 6 rings (SSSR count). The summed E-state index contributed by atoms with van der Waals surface area (Å²) in [6.07, 6.45) is 0.936. The Labute approximate surface area is 304 Å². The first-order valence-corrected chi connectivity index (χ1v) is 19.2. The van der Waals surface area contributed by atoms with Crippen molar-refractivity contribution >= 4 is 19.0 Å². The van der Waals surface area contributed by atoms with Crippen LogP contribution in [0.4, 0.5) is 0 Å². The minimum absolute atomic E-state index is 0.0497. The van der Waals surface area contributed by atoms with E-state index in [0.717, 1.165) is 45.3 Å². The van der Waals surface area contributed by atoms with Gasteiger partial charge in [0.15, 0.2) is 0 Å². The van der Waals surface area contributed by atoms with Crippen LogP contribution in [-0.2, 0) is 4.79 Å². The van der Waals surface area contributed by atoms with Crippen LogP contribution in [-0.4, -0.2) is 34.2 Å². The van der Waals surface area contributed by atoms with Crippen molar-refractivity contribution in [2.45, 2.75) is 63.7 Å². The number of methoxy groups -OCH3 is 4. The predicted molar refractivity (Wildman–Crippen MR) is 211 cm³/mol. The molecule has 2 atom stereocenters. The van der Waals surface area contributed by atoms with E-state index in [1.165, 1.54) is 27.6 Å². The number of hydrogen-bond acceptors (Lipinski definition) is 5. The molecule has 0 amide bonds. The average molecular weight is 701 g/mol. The number of carbonyl (C=O) groups excluding carboxylic acids is 1. The van der Waals surface area contributed by atoms with E-state index in [1.807, 2.05) is 36.4 Å². The van der Waals surface area contributed by atoms with Gasteiger partial charge in [-0.05, 0) is 74.8 Å². The molecule has 51 heavy (non-hydrogen) atoms. The molecule has 0 bridgehead atoms. The maximum Gasteiger partial charge on any atom is 0.134 e. The lowest BCUT2D eigenvalue weighted by Gasteiger charge is -2.43. The van der Waals surface area contributed by atoms with Gasteiger partial charge in [0.2, 0.25) is 0 Å². The van der Waals surface area contributed by atoms with Gasteiger partial charge in [-0.1, -0.05) is 114 Å². The van der Waals surface area contributed by atoms with Gasteiger partial charge in [-0.2, -0.15) is 0 Å². The van der Waals surface area contributed by atoms with Gasteiger partial charge in [0.25, 0.3) is 0 Å². The molecule has 0 N–H and O–H groups in total. The topological polar surface area (TPSA) is 54.0 Å². The van der Waals surface area contributed by atoms with Crippen molar-refractivity contribution < 1.29 is 23.7 Å². The molecule has 0 aliphatic carbocycles. The number of benzene rings is 5. The minimum atomic E-state index is -1.16. The van der Waals surface area contributed by atoms with Gasteiger partial charge in [0.05, 0.1) is 39.6 Å². The van der Waals surface area contributed by atoms with Gasteiger partial charge >= 0.3 is 0 Å². The molecule has 1 heterocycles. The number of carbonyl (C=O) groups is 1. The Hall–Kier alpha value is -4.60. The van der Waals surface area contributed by atoms with Gasteiger partial charge in [0.1, 0.15) is 28.8 Å². The van der Waals surface area contributed by atoms with Crippen LogP contribution >= 0.6 is 7.92 Å². The Bertz CT molecular complexity index is 1830. The highest BCUT2D eigenvalue weighted by Crippen LogP contribution is 2.69. The third-order valence-corrected chi connectivity index (χ3v) is 13.4. The largest absolute Gasteiger partial charge is 0.496 e. The molecule has 5 aromatic carbocycles. The summed E-state index contributed by atoms with van der Waals surface area (Å²) in [5.74, 6) is 3.76. The van der Waals surface area contributed by atoms with Crippen LogP contribution in [0.25, 0.3) is 22.3 Å². The summed E-state index contributed by atoms with van der Waals surface area (Å²) in [4.78, 5) is 14.2. The zero-order chi connectivity index (χ0) is 36.2. The van der Waals surface area contributed by atoms with Crippen LogP contribution in [0.5, 0.6) is 23.0 Å². The molecule has 0 radical (unpaired) electrons. The summed E-state index contributed by atoms with van der Waals surface area (Å²) >= 11 is 0. The summed E-state index contributed by atoms with van der Waals surface area (Å²) in [5, 5.41) is 1.18. The van der Waals surface area contributed by atoms with Crippen LogP contribution in [0.2, 0.25) is 0 Å². The molecule has 264 valence electrons. The highest BCUT2D eigenvalue weighted by atomic mass is 31.1. The molecule has 1 aliphatic heterocycles. The number of ketones is 1. The number of Topliss-reactive ketones (excluding diaryl/α,β-unsaturated/α-hetero) is 1. The normalized spacial score (nSPS) is 17.5. The summed E-state index contributed by atoms with van der Waals surface area (Å²) in [7, 11) is 5.67. The second kappa shape index (κ2) is 15.7. The maximum absolute atomic E-state index is 14.2. The predicted octanol–water partition coefficient (Wildman–Crippen LogP) is 11.3. The monoisotopic (exact) mass is 700 g/mol. The van der Waals surface area contributed by atoms with E-state index in [4.69, 9.17) is 18.9 Å². The zero-order valence-electron chi connectivity index (χ0n) is 31.0. The molecule has 1 fully saturated rings. The van der Waals surface area contributed by atoms with E-state index in [0.29, 0.717) is 18.6 Å². The van der Waals surface area contributed by atoms with Crippen LogP contribution in [0.3, 0.4) is 0 Å². The smallest absolute Gasteiger partial charge is 0.134 e. The van der Waals surface area contributed by atoms with Crippen molar-refractivity contribution in [1.29, 1.82) is 0 Å². The van der Waals surface area contributed by atoms with Crippen molar-refractivity contribution in [3.63, 3.8) is 0 Å². The number of rotatable bonds is 11. The second-order valence-electron chi connectivity index (χ2n) is 13.7. The fourth-order valence-corrected chi connectivity index (χ4v) is 11.8. The van der Waals surface area contributed by atoms with Gasteiger partial charge < -0.3 is 18.9 Å². The van der Waals surface area contributed by atoms with E-state index in [2.05, 4.69) is 94.4 Å². The van der Waals surface area contributed by atoms with Gasteiger partial charge in [-0.3, -0.25) is 4.79 Å². The molecule has 2 unspecified atom stereocenters. The molecule has 6 heteroatoms. The molecule has 0 saturated carbocycles. The lowest BCUT2D eigenvalue weighted by Crippen LogP contribution is -2.27. The molecule has 0 aromatic heterocycles. The third-order valence-electron chi connectivity index (χ3n) is 10.2. The molecule has 5 nitrogen and oxygen atoms in total. The van der Waals surface area contributed by atoms with E-state index in [9.17, 15) is 4.79 Å². The standard InChI is InChI=1S/C45H49O5P/c1-28(2)31-16-9-11-18-33(31)41-26-30(46)27-42(34-19-12-10-17-32(34)29(3)4)51(41)45-35(43-37(47-5)22-14-23-38(43)48-6)20-13-21-36(45)44-39(49-7)24-15-25-40(44)50-8/h9-25,28-29,41-42H,26-27H2,1-8H3. The highest BCUT2D eigenvalue weighted by Gasteiger charge is 2.44. The summed E-state index contributed by atoms with van der Waals surface area (Å²) < 4.78 is 24.3. The van der Waals surface area contributed by atoms with Crippen molar-refractivity contribution in [3.8, 4) is 45.3 Å². The highest BCUT2D eigenvalue weighted by molar-refractivity contribution is 7.67. The Balaban J connectivity index is 1.82. The van der Waals surface area contributed by atoms with E-state index in [1.54, 1.807) is 28.4 Å². The fourth-order valence-electron chi connectivity index (χ4n) is 7.90. The Morgan fingerprint density at radius 2 is 0.863 bits per heavy atom. The first-order valence-electron chi connectivity index (χ1n) is 17.8. The van der Waals surface area contributed by atoms with Crippen molar-refractivity contribution in [3.05, 3.63) is 125 Å². The SMILES string of the molecule is COc1cccc(OC)c1-c1cccc(-c2c(OC)cccc2OC)c1P1C(c2ccccc2C(C)C)CC(=O)CC1c1ccccc1C(C)C. The Morgan fingerprint density at radius 1 is 0.510 bits per heavy atom. The minimum Gasteiger partial charge on any atom is -0.496 e. The van der Waals surface area contributed by atoms with Gasteiger partial charge in [-0.15, -0.1) is 0 Å². The fraction of sp³-hybridized carbons (Fsp3) is 0.311. The van der Waals surface area contributed by atoms with Crippen molar-refractivity contribution in [1.82, 2.24) is 0 Å². The first-order chi connectivity index (χ1) is 24.7. The quantitative estimate of drug-likeness (QED) is 0.128. The van der Waals surface area contributed by atoms with E-state index < -0.39 is 7.92 Å². The second-order valence-corrected chi connectivity index (χ2v) is 16.2. The van der Waals surface area contributed by atoms with E-state index >= 15 is 0 Å². The zero-order valence-corrected chi connectivity index (χ0v) is 31.9. The molecular weight excluding hydrogens is 651 g/mol. The van der Waals surface area contributed by atoms with Crippen LogP contribution in [0.15, 0.2) is 103 Å². The Morgan fingerprint density at radius 3 is 1.22 bits per heavy atom. The summed E-state index contributed by atoms with van der Waals surface area (Å²) in [6, 6.07) is 35.9. The molecule has 0 spiro atoms. The lowest BCUT2D eigenvalue weighted by molar-refractivity contribution is -0.119. The maximum atomic E-state index is 14.2. The molecule has 1 aliphatic rings. The molecule has 5 aromatic rings. The van der Waals surface area contributed by atoms with Gasteiger partial charge in [0, 0.05) is 24.2 Å². The van der Waals surface area contributed by atoms with Crippen LogP contribution in [0.1, 0.15) is 85.9 Å². The summed E-state index contributed by atoms with van der Waals surface area (Å²) in [6.45, 7) is 8.98. The van der Waals surface area contributed by atoms with Crippen LogP contribution < -0.4 is 24.3 Å². The Kier molecular flexibility index (Phi) is 11.2. The molecule has 1 saturated heterocycles. The molecular formula is C45H49O5P. The van der Waals surface area contributed by atoms with Gasteiger partial charge in [-0.25, -0.2) is 0 Å². The average Bonchev–Trinajstić information content (AvgIpc) is 3.16. The number of hydrogen-bond donors (Lipinski definition) is 0. The lowest BCUT2D eigenvalue weighted by atomic mass is 9.90. The third kappa shape index (κ3) is 6.89. The summed E-state index contributed by atoms with van der Waals surface area (Å²) in [5.41, 5.74) is 8.78. The van der Waals surface area contributed by atoms with Crippen molar-refractivity contribution in [2.75, 3.05) is 28.4 Å². The van der Waals surface area contributed by atoms with Crippen LogP contribution in [0, 0.1) is 0 Å². The van der Waals surface area contributed by atoms with Crippen molar-refractivity contribution in [2.24, 2.45) is 0 Å².